The zero-order valence-electron chi connectivity index (χ0n) is 17.5. The quantitative estimate of drug-likeness (QED) is 0.683. The number of rotatable bonds is 8. The number of carbonyl (C=O) groups is 1. The van der Waals surface area contributed by atoms with Gasteiger partial charge in [-0.2, -0.15) is 5.10 Å². The largest absolute Gasteiger partial charge is 0.494 e. The smallest absolute Gasteiger partial charge is 0.274 e. The first-order chi connectivity index (χ1) is 14.1. The molecule has 0 spiro atoms. The summed E-state index contributed by atoms with van der Waals surface area (Å²) in [7, 11) is 0. The summed E-state index contributed by atoms with van der Waals surface area (Å²) in [4.78, 5) is 26.5. The van der Waals surface area contributed by atoms with E-state index in [0.29, 0.717) is 24.8 Å². The van der Waals surface area contributed by atoms with Crippen LogP contribution >= 0.6 is 0 Å². The van der Waals surface area contributed by atoms with Crippen LogP contribution in [0.25, 0.3) is 0 Å². The third-order valence-electron chi connectivity index (χ3n) is 5.50. The Hall–Kier alpha value is -2.63. The minimum atomic E-state index is -0.156. The van der Waals surface area contributed by atoms with Crippen molar-refractivity contribution in [2.75, 3.05) is 19.7 Å². The van der Waals surface area contributed by atoms with Crippen molar-refractivity contribution in [3.05, 3.63) is 58.0 Å². The lowest BCUT2D eigenvalue weighted by Gasteiger charge is -2.32. The van der Waals surface area contributed by atoms with Crippen LogP contribution in [-0.4, -0.2) is 40.3 Å². The number of aromatic nitrogens is 2. The van der Waals surface area contributed by atoms with Gasteiger partial charge in [-0.1, -0.05) is 19.1 Å². The van der Waals surface area contributed by atoms with E-state index in [1.165, 1.54) is 16.3 Å². The molecule has 3 rings (SSSR count). The minimum Gasteiger partial charge on any atom is -0.494 e. The van der Waals surface area contributed by atoms with Gasteiger partial charge in [0, 0.05) is 25.7 Å². The van der Waals surface area contributed by atoms with Gasteiger partial charge in [-0.3, -0.25) is 9.59 Å². The number of benzene rings is 1. The van der Waals surface area contributed by atoms with Crippen LogP contribution in [-0.2, 0) is 13.0 Å². The topological polar surface area (TPSA) is 64.4 Å². The van der Waals surface area contributed by atoms with E-state index < -0.39 is 0 Å². The Morgan fingerprint density at radius 2 is 1.83 bits per heavy atom. The summed E-state index contributed by atoms with van der Waals surface area (Å²) in [5.74, 6) is 1.48. The van der Waals surface area contributed by atoms with E-state index in [1.807, 2.05) is 30.9 Å². The molecule has 0 N–H and O–H groups in total. The second-order valence-corrected chi connectivity index (χ2v) is 7.63. The van der Waals surface area contributed by atoms with Crippen LogP contribution in [0.1, 0.15) is 55.6 Å². The first-order valence-electron chi connectivity index (χ1n) is 10.7. The van der Waals surface area contributed by atoms with Crippen LogP contribution in [0.2, 0.25) is 0 Å². The molecule has 2 aromatic rings. The van der Waals surface area contributed by atoms with Crippen LogP contribution < -0.4 is 10.3 Å². The molecule has 0 unspecified atom stereocenters. The lowest BCUT2D eigenvalue weighted by atomic mass is 9.90. The fraction of sp³-hybridized carbons (Fsp3) is 0.522. The first kappa shape index (κ1) is 21.1. The highest BCUT2D eigenvalue weighted by Gasteiger charge is 2.24. The fourth-order valence-corrected chi connectivity index (χ4v) is 3.81. The Morgan fingerprint density at radius 1 is 1.10 bits per heavy atom. The number of hydrogen-bond acceptors (Lipinski definition) is 4. The molecule has 1 aliphatic heterocycles. The van der Waals surface area contributed by atoms with Gasteiger partial charge in [-0.25, -0.2) is 4.68 Å². The number of piperidine rings is 1. The molecule has 0 atom stereocenters. The predicted molar refractivity (Wildman–Crippen MR) is 113 cm³/mol. The number of ether oxygens (including phenoxy) is 1. The van der Waals surface area contributed by atoms with E-state index in [0.717, 1.165) is 50.9 Å². The van der Waals surface area contributed by atoms with Gasteiger partial charge >= 0.3 is 0 Å². The van der Waals surface area contributed by atoms with Gasteiger partial charge in [0.1, 0.15) is 11.4 Å². The molecule has 156 valence electrons. The number of nitrogens with zero attached hydrogens (tertiary/aromatic N) is 3. The molecule has 0 bridgehead atoms. The van der Waals surface area contributed by atoms with Crippen molar-refractivity contribution >= 4 is 5.91 Å². The van der Waals surface area contributed by atoms with Crippen molar-refractivity contribution in [1.29, 1.82) is 0 Å². The van der Waals surface area contributed by atoms with Crippen molar-refractivity contribution in [3.8, 4) is 5.75 Å². The molecule has 1 saturated heterocycles. The number of hydrogen-bond donors (Lipinski definition) is 0. The molecule has 0 radical (unpaired) electrons. The molecular weight excluding hydrogens is 366 g/mol. The van der Waals surface area contributed by atoms with E-state index in [9.17, 15) is 9.59 Å². The molecule has 0 aliphatic carbocycles. The van der Waals surface area contributed by atoms with Gasteiger partial charge in [0.25, 0.3) is 11.5 Å². The van der Waals surface area contributed by atoms with Crippen molar-refractivity contribution in [1.82, 2.24) is 14.7 Å². The second kappa shape index (κ2) is 10.2. The SMILES string of the molecule is CCCn1nc(C(=O)N2CCC(CCc3ccc(OCC)cc3)CC2)ccc1=O. The van der Waals surface area contributed by atoms with E-state index in [4.69, 9.17) is 4.74 Å². The van der Waals surface area contributed by atoms with Gasteiger partial charge in [-0.05, 0) is 68.7 Å². The fourth-order valence-electron chi connectivity index (χ4n) is 3.81. The summed E-state index contributed by atoms with van der Waals surface area (Å²) in [6.07, 6.45) is 5.02. The molecule has 6 nitrogen and oxygen atoms in total. The Kier molecular flexibility index (Phi) is 7.44. The van der Waals surface area contributed by atoms with Gasteiger partial charge in [0.05, 0.1) is 6.61 Å². The second-order valence-electron chi connectivity index (χ2n) is 7.63. The summed E-state index contributed by atoms with van der Waals surface area (Å²) in [6, 6.07) is 11.3. The molecule has 1 aliphatic rings. The highest BCUT2D eigenvalue weighted by Crippen LogP contribution is 2.24. The van der Waals surface area contributed by atoms with Crippen LogP contribution in [0.4, 0.5) is 0 Å². The van der Waals surface area contributed by atoms with Gasteiger partial charge in [0.15, 0.2) is 0 Å². The van der Waals surface area contributed by atoms with Crippen LogP contribution in [0.5, 0.6) is 5.75 Å². The molecular formula is C23H31N3O3. The Morgan fingerprint density at radius 3 is 2.48 bits per heavy atom. The molecule has 1 aromatic heterocycles. The molecule has 1 fully saturated rings. The molecule has 0 saturated carbocycles. The average Bonchev–Trinajstić information content (AvgIpc) is 2.75. The first-order valence-corrected chi connectivity index (χ1v) is 10.7. The maximum Gasteiger partial charge on any atom is 0.274 e. The molecule has 6 heteroatoms. The third kappa shape index (κ3) is 5.68. The van der Waals surface area contributed by atoms with Gasteiger partial charge < -0.3 is 9.64 Å². The zero-order chi connectivity index (χ0) is 20.6. The van der Waals surface area contributed by atoms with Crippen LogP contribution in [0.3, 0.4) is 0 Å². The number of carbonyl (C=O) groups excluding carboxylic acids is 1. The molecule has 1 aromatic carbocycles. The van der Waals surface area contributed by atoms with Gasteiger partial charge in [-0.15, -0.1) is 0 Å². The van der Waals surface area contributed by atoms with E-state index >= 15 is 0 Å². The van der Waals surface area contributed by atoms with Crippen LogP contribution in [0, 0.1) is 5.92 Å². The zero-order valence-corrected chi connectivity index (χ0v) is 17.5. The van der Waals surface area contributed by atoms with Crippen molar-refractivity contribution in [3.63, 3.8) is 0 Å². The monoisotopic (exact) mass is 397 g/mol. The molecule has 2 heterocycles. The van der Waals surface area contributed by atoms with E-state index in [2.05, 4.69) is 17.2 Å². The van der Waals surface area contributed by atoms with Gasteiger partial charge in [0.2, 0.25) is 0 Å². The van der Waals surface area contributed by atoms with Crippen molar-refractivity contribution in [2.45, 2.75) is 52.5 Å². The third-order valence-corrected chi connectivity index (χ3v) is 5.50. The van der Waals surface area contributed by atoms with Crippen LogP contribution in [0.15, 0.2) is 41.2 Å². The van der Waals surface area contributed by atoms with Crippen molar-refractivity contribution in [2.24, 2.45) is 5.92 Å². The molecule has 29 heavy (non-hydrogen) atoms. The summed E-state index contributed by atoms with van der Waals surface area (Å²) in [6.45, 7) is 6.70. The maximum absolute atomic E-state index is 12.8. The summed E-state index contributed by atoms with van der Waals surface area (Å²) < 4.78 is 6.88. The summed E-state index contributed by atoms with van der Waals surface area (Å²) in [5.41, 5.74) is 1.54. The summed E-state index contributed by atoms with van der Waals surface area (Å²) in [5, 5.41) is 4.26. The average molecular weight is 398 g/mol. The van der Waals surface area contributed by atoms with E-state index in [1.54, 1.807) is 6.07 Å². The minimum absolute atomic E-state index is 0.0696. The Labute approximate surface area is 172 Å². The Bertz CT molecular complexity index is 852. The lowest BCUT2D eigenvalue weighted by molar-refractivity contribution is 0.0678. The number of likely N-dealkylation sites (tertiary alicyclic amines) is 1. The highest BCUT2D eigenvalue weighted by atomic mass is 16.5. The summed E-state index contributed by atoms with van der Waals surface area (Å²) >= 11 is 0. The van der Waals surface area contributed by atoms with Crippen molar-refractivity contribution < 1.29 is 9.53 Å². The lowest BCUT2D eigenvalue weighted by Crippen LogP contribution is -2.39. The highest BCUT2D eigenvalue weighted by molar-refractivity contribution is 5.92. The molecule has 1 amide bonds. The number of aryl methyl sites for hydroxylation is 2. The van der Waals surface area contributed by atoms with E-state index in [-0.39, 0.29) is 11.5 Å². The standard InChI is InChI=1S/C23H31N3O3/c1-3-15-26-22(27)12-11-21(24-26)23(28)25-16-13-19(14-17-25)6-5-18-7-9-20(10-8-18)29-4-2/h7-12,19H,3-6,13-17H2,1-2H3. The number of amides is 1. The Balaban J connectivity index is 1.49. The predicted octanol–water partition coefficient (Wildman–Crippen LogP) is 3.54. The normalized spacial score (nSPS) is 14.8. The maximum atomic E-state index is 12.8.